The lowest BCUT2D eigenvalue weighted by molar-refractivity contribution is -0.228. The van der Waals surface area contributed by atoms with Crippen molar-refractivity contribution in [2.24, 2.45) is 0 Å². The van der Waals surface area contributed by atoms with E-state index >= 15 is 0 Å². The molecule has 0 aliphatic heterocycles. The van der Waals surface area contributed by atoms with E-state index < -0.39 is 11.6 Å². The van der Waals surface area contributed by atoms with E-state index in [1.54, 1.807) is 54.8 Å². The molecule has 0 aliphatic carbocycles. The largest absolute Gasteiger partial charge is 0.376 e. The van der Waals surface area contributed by atoms with Crippen molar-refractivity contribution in [3.8, 4) is 0 Å². The predicted molar refractivity (Wildman–Crippen MR) is 95.5 cm³/mol. The average molecular weight is 362 g/mol. The summed E-state index contributed by atoms with van der Waals surface area (Å²) in [4.78, 5) is 0. The molecule has 2 atom stereocenters. The van der Waals surface area contributed by atoms with Crippen molar-refractivity contribution >= 4 is 0 Å². The molecule has 148 valence electrons. The Bertz CT molecular complexity index is 351. The molecule has 25 heavy (non-hydrogen) atoms. The lowest BCUT2D eigenvalue weighted by Gasteiger charge is -2.32. The number of ether oxygens (including phenoxy) is 7. The Morgan fingerprint density at radius 1 is 0.640 bits per heavy atom. The van der Waals surface area contributed by atoms with Crippen molar-refractivity contribution in [3.05, 3.63) is 24.3 Å². The fraction of sp³-hybridized carbons (Fsp3) is 0.778. The molecule has 0 saturated carbocycles. The Morgan fingerprint density at radius 2 is 0.960 bits per heavy atom. The fourth-order valence-corrected chi connectivity index (χ4v) is 2.33. The summed E-state index contributed by atoms with van der Waals surface area (Å²) >= 11 is 0. The van der Waals surface area contributed by atoms with Gasteiger partial charge in [-0.3, -0.25) is 0 Å². The van der Waals surface area contributed by atoms with Crippen LogP contribution in [0, 0.1) is 0 Å². The number of hydrogen-bond acceptors (Lipinski definition) is 7. The van der Waals surface area contributed by atoms with Gasteiger partial charge in [-0.2, -0.15) is 0 Å². The van der Waals surface area contributed by atoms with Crippen LogP contribution in [-0.2, 0) is 33.2 Å². The Balaban J connectivity index is 4.57. The molecule has 0 heterocycles. The highest BCUT2D eigenvalue weighted by atomic mass is 16.7. The second-order valence-electron chi connectivity index (χ2n) is 5.36. The highest BCUT2D eigenvalue weighted by Gasteiger charge is 2.34. The molecule has 0 aromatic carbocycles. The monoisotopic (exact) mass is 362 g/mol. The lowest BCUT2D eigenvalue weighted by atomic mass is 10.1. The van der Waals surface area contributed by atoms with Crippen LogP contribution < -0.4 is 0 Å². The number of methoxy groups -OCH3 is 6. The number of rotatable bonds is 14. The van der Waals surface area contributed by atoms with Gasteiger partial charge in [-0.05, 0) is 26.0 Å². The van der Waals surface area contributed by atoms with Crippen LogP contribution in [0.15, 0.2) is 24.3 Å². The molecular weight excluding hydrogens is 328 g/mol. The van der Waals surface area contributed by atoms with E-state index in [0.29, 0.717) is 13.2 Å². The van der Waals surface area contributed by atoms with Crippen molar-refractivity contribution in [2.45, 2.75) is 37.6 Å². The summed E-state index contributed by atoms with van der Waals surface area (Å²) in [5.74, 6) is -1.88. The second-order valence-corrected chi connectivity index (χ2v) is 5.36. The van der Waals surface area contributed by atoms with Crippen LogP contribution in [0.5, 0.6) is 0 Å². The second kappa shape index (κ2) is 12.5. The van der Waals surface area contributed by atoms with Crippen LogP contribution in [0.1, 0.15) is 13.8 Å². The maximum atomic E-state index is 5.55. The zero-order chi connectivity index (χ0) is 19.3. The van der Waals surface area contributed by atoms with Crippen LogP contribution >= 0.6 is 0 Å². The molecule has 0 radical (unpaired) electrons. The van der Waals surface area contributed by atoms with Crippen LogP contribution in [-0.4, -0.2) is 79.7 Å². The SMILES string of the molecule is COC(C)C(C=CCOCC=CC(OC)(OC)C(C)OC)(OC)OC. The highest BCUT2D eigenvalue weighted by molar-refractivity contribution is 5.01. The van der Waals surface area contributed by atoms with Crippen molar-refractivity contribution in [1.82, 2.24) is 0 Å². The van der Waals surface area contributed by atoms with E-state index in [1.807, 2.05) is 26.0 Å². The van der Waals surface area contributed by atoms with E-state index in [-0.39, 0.29) is 12.2 Å². The maximum Gasteiger partial charge on any atom is 0.214 e. The van der Waals surface area contributed by atoms with Gasteiger partial charge in [-0.15, -0.1) is 0 Å². The third-order valence-corrected chi connectivity index (χ3v) is 4.24. The Labute approximate surface area is 151 Å². The molecule has 0 fully saturated rings. The minimum absolute atomic E-state index is 0.266. The molecule has 0 N–H and O–H groups in total. The molecule has 0 amide bonds. The fourth-order valence-electron chi connectivity index (χ4n) is 2.33. The summed E-state index contributed by atoms with van der Waals surface area (Å²) in [5, 5.41) is 0. The molecule has 7 heteroatoms. The van der Waals surface area contributed by atoms with Gasteiger partial charge in [0.1, 0.15) is 12.2 Å². The predicted octanol–water partition coefficient (Wildman–Crippen LogP) is 2.16. The van der Waals surface area contributed by atoms with Crippen molar-refractivity contribution < 1.29 is 33.2 Å². The molecule has 0 bridgehead atoms. The van der Waals surface area contributed by atoms with Gasteiger partial charge in [0.25, 0.3) is 0 Å². The summed E-state index contributed by atoms with van der Waals surface area (Å²) in [7, 11) is 9.48. The third-order valence-electron chi connectivity index (χ3n) is 4.24. The van der Waals surface area contributed by atoms with E-state index in [9.17, 15) is 0 Å². The van der Waals surface area contributed by atoms with E-state index in [4.69, 9.17) is 33.2 Å². The zero-order valence-corrected chi connectivity index (χ0v) is 16.7. The van der Waals surface area contributed by atoms with E-state index in [0.717, 1.165) is 0 Å². The first-order chi connectivity index (χ1) is 11.9. The van der Waals surface area contributed by atoms with Gasteiger partial charge < -0.3 is 33.2 Å². The number of hydrogen-bond donors (Lipinski definition) is 0. The molecule has 0 aromatic rings. The summed E-state index contributed by atoms with van der Waals surface area (Å²) < 4.78 is 37.9. The maximum absolute atomic E-state index is 5.55. The molecule has 0 spiro atoms. The third kappa shape index (κ3) is 6.79. The highest BCUT2D eigenvalue weighted by Crippen LogP contribution is 2.21. The van der Waals surface area contributed by atoms with E-state index in [1.165, 1.54) is 0 Å². The van der Waals surface area contributed by atoms with Crippen molar-refractivity contribution in [3.63, 3.8) is 0 Å². The lowest BCUT2D eigenvalue weighted by Crippen LogP contribution is -2.43. The first-order valence-electron chi connectivity index (χ1n) is 8.11. The van der Waals surface area contributed by atoms with Crippen molar-refractivity contribution in [1.29, 1.82) is 0 Å². The van der Waals surface area contributed by atoms with Crippen LogP contribution in [0.3, 0.4) is 0 Å². The summed E-state index contributed by atoms with van der Waals surface area (Å²) in [6.45, 7) is 4.52. The summed E-state index contributed by atoms with van der Waals surface area (Å²) in [6, 6.07) is 0. The first-order valence-corrected chi connectivity index (χ1v) is 8.11. The van der Waals surface area contributed by atoms with Gasteiger partial charge in [0.15, 0.2) is 0 Å². The Morgan fingerprint density at radius 3 is 1.20 bits per heavy atom. The Hall–Kier alpha value is -0.800. The molecule has 0 rings (SSSR count). The minimum atomic E-state index is -0.941. The first kappa shape index (κ1) is 24.2. The standard InChI is InChI=1S/C18H34O7/c1-15(19-3)17(21-5,22-6)11-9-13-25-14-10-12-18(23-7,24-8)16(2)20-4/h9-12,15-16H,13-14H2,1-8H3. The van der Waals surface area contributed by atoms with E-state index in [2.05, 4.69) is 0 Å². The molecule has 7 nitrogen and oxygen atoms in total. The molecule has 0 aliphatic rings. The van der Waals surface area contributed by atoms with Crippen LogP contribution in [0.25, 0.3) is 0 Å². The summed E-state index contributed by atoms with van der Waals surface area (Å²) in [5.41, 5.74) is 0. The van der Waals surface area contributed by atoms with Gasteiger partial charge >= 0.3 is 0 Å². The molecule has 0 saturated heterocycles. The minimum Gasteiger partial charge on any atom is -0.376 e. The average Bonchev–Trinajstić information content (AvgIpc) is 2.66. The topological polar surface area (TPSA) is 64.6 Å². The molecule has 0 aromatic heterocycles. The van der Waals surface area contributed by atoms with Gasteiger partial charge in [0.05, 0.1) is 13.2 Å². The molecular formula is C18H34O7. The normalized spacial score (nSPS) is 16.0. The van der Waals surface area contributed by atoms with Gasteiger partial charge in [-0.25, -0.2) is 0 Å². The quantitative estimate of drug-likeness (QED) is 0.266. The Kier molecular flexibility index (Phi) is 12.1. The van der Waals surface area contributed by atoms with Gasteiger partial charge in [0.2, 0.25) is 11.6 Å². The molecule has 2 unspecified atom stereocenters. The smallest absolute Gasteiger partial charge is 0.214 e. The van der Waals surface area contributed by atoms with Gasteiger partial charge in [-0.1, -0.05) is 12.2 Å². The van der Waals surface area contributed by atoms with Crippen LogP contribution in [0.4, 0.5) is 0 Å². The van der Waals surface area contributed by atoms with Gasteiger partial charge in [0, 0.05) is 42.7 Å². The zero-order valence-electron chi connectivity index (χ0n) is 16.7. The van der Waals surface area contributed by atoms with Crippen molar-refractivity contribution in [2.75, 3.05) is 55.9 Å². The summed E-state index contributed by atoms with van der Waals surface area (Å²) in [6.07, 6.45) is 6.69. The van der Waals surface area contributed by atoms with Crippen LogP contribution in [0.2, 0.25) is 0 Å².